The van der Waals surface area contributed by atoms with Crippen LogP contribution in [0.15, 0.2) is 29.2 Å². The summed E-state index contributed by atoms with van der Waals surface area (Å²) >= 11 is 11.3. The van der Waals surface area contributed by atoms with Crippen molar-refractivity contribution in [3.63, 3.8) is 0 Å². The van der Waals surface area contributed by atoms with Gasteiger partial charge in [-0.2, -0.15) is 4.98 Å². The maximum absolute atomic E-state index is 13.8. The zero-order valence-electron chi connectivity index (χ0n) is 10.5. The summed E-state index contributed by atoms with van der Waals surface area (Å²) in [5.41, 5.74) is 0. The molecule has 1 N–H and O–H groups in total. The first-order valence-corrected chi connectivity index (χ1v) is 7.63. The molecule has 2 aromatic rings. The quantitative estimate of drug-likeness (QED) is 0.856. The van der Waals surface area contributed by atoms with E-state index in [0.717, 1.165) is 6.07 Å². The molecule has 6 nitrogen and oxygen atoms in total. The number of nitrogens with one attached hydrogen (secondary N) is 1. The second-order valence-electron chi connectivity index (χ2n) is 3.71. The number of hydrogen-bond donors (Lipinski definition) is 1. The van der Waals surface area contributed by atoms with Gasteiger partial charge >= 0.3 is 0 Å². The highest BCUT2D eigenvalue weighted by atomic mass is 35.5. The summed E-state index contributed by atoms with van der Waals surface area (Å²) in [7, 11) is -2.93. The van der Waals surface area contributed by atoms with Crippen LogP contribution in [0.1, 0.15) is 0 Å². The molecule has 0 fully saturated rings. The maximum atomic E-state index is 13.8. The first kappa shape index (κ1) is 15.7. The van der Waals surface area contributed by atoms with Crippen LogP contribution < -0.4 is 9.46 Å². The minimum Gasteiger partial charge on any atom is -0.481 e. The Kier molecular flexibility index (Phi) is 4.50. The maximum Gasteiger partial charge on any atom is 0.267 e. The molecule has 1 aromatic heterocycles. The van der Waals surface area contributed by atoms with Crippen molar-refractivity contribution >= 4 is 39.2 Å². The van der Waals surface area contributed by atoms with Crippen molar-refractivity contribution in [2.45, 2.75) is 4.90 Å². The first-order valence-electron chi connectivity index (χ1n) is 5.39. The summed E-state index contributed by atoms with van der Waals surface area (Å²) in [6.45, 7) is 0. The lowest BCUT2D eigenvalue weighted by Gasteiger charge is -2.09. The van der Waals surface area contributed by atoms with Crippen molar-refractivity contribution in [1.29, 1.82) is 0 Å². The van der Waals surface area contributed by atoms with Crippen LogP contribution in [0.4, 0.5) is 10.3 Å². The molecule has 0 aliphatic carbocycles. The zero-order valence-corrected chi connectivity index (χ0v) is 12.8. The highest BCUT2D eigenvalue weighted by molar-refractivity contribution is 7.92. The lowest BCUT2D eigenvalue weighted by molar-refractivity contribution is 0.397. The van der Waals surface area contributed by atoms with Crippen LogP contribution in [-0.4, -0.2) is 25.5 Å². The number of halogens is 3. The number of aromatic nitrogens is 2. The van der Waals surface area contributed by atoms with Crippen LogP contribution in [0, 0.1) is 5.82 Å². The van der Waals surface area contributed by atoms with Crippen LogP contribution in [0.25, 0.3) is 0 Å². The van der Waals surface area contributed by atoms with E-state index in [0.29, 0.717) is 0 Å². The molecule has 0 unspecified atom stereocenters. The largest absolute Gasteiger partial charge is 0.481 e. The fourth-order valence-corrected chi connectivity index (χ4v) is 2.86. The van der Waals surface area contributed by atoms with Gasteiger partial charge in [0.2, 0.25) is 11.8 Å². The predicted octanol–water partition coefficient (Wildman–Crippen LogP) is 2.73. The summed E-state index contributed by atoms with van der Waals surface area (Å²) in [6, 6.07) is 4.89. The monoisotopic (exact) mass is 351 g/mol. The van der Waals surface area contributed by atoms with Crippen molar-refractivity contribution < 1.29 is 17.5 Å². The normalized spacial score (nSPS) is 11.2. The smallest absolute Gasteiger partial charge is 0.267 e. The SMILES string of the molecule is COc1cc(Cl)nc(NS(=O)(=O)c2cccc(Cl)c2F)n1. The summed E-state index contributed by atoms with van der Waals surface area (Å²) in [6.07, 6.45) is 0. The fourth-order valence-electron chi connectivity index (χ4n) is 1.41. The van der Waals surface area contributed by atoms with Crippen molar-refractivity contribution in [2.75, 3.05) is 11.8 Å². The van der Waals surface area contributed by atoms with E-state index in [-0.39, 0.29) is 22.0 Å². The van der Waals surface area contributed by atoms with E-state index in [1.54, 1.807) is 0 Å². The van der Waals surface area contributed by atoms with Crippen LogP contribution in [0.5, 0.6) is 5.88 Å². The molecule has 0 aliphatic heterocycles. The summed E-state index contributed by atoms with van der Waals surface area (Å²) in [5, 5.41) is -0.353. The van der Waals surface area contributed by atoms with Gasteiger partial charge in [-0.05, 0) is 12.1 Å². The number of nitrogens with zero attached hydrogens (tertiary/aromatic N) is 2. The van der Waals surface area contributed by atoms with Crippen LogP contribution in [0.2, 0.25) is 10.2 Å². The summed E-state index contributed by atoms with van der Waals surface area (Å²) < 4.78 is 44.8. The Morgan fingerprint density at radius 1 is 1.29 bits per heavy atom. The average molecular weight is 352 g/mol. The van der Waals surface area contributed by atoms with E-state index < -0.39 is 20.7 Å². The van der Waals surface area contributed by atoms with E-state index in [9.17, 15) is 12.8 Å². The second-order valence-corrected chi connectivity index (χ2v) is 6.16. The zero-order chi connectivity index (χ0) is 15.6. The van der Waals surface area contributed by atoms with Crippen LogP contribution >= 0.6 is 23.2 Å². The molecule has 0 aliphatic rings. The topological polar surface area (TPSA) is 81.2 Å². The molecule has 0 spiro atoms. The molecule has 0 bridgehead atoms. The van der Waals surface area contributed by atoms with Gasteiger partial charge in [-0.1, -0.05) is 29.3 Å². The van der Waals surface area contributed by atoms with Gasteiger partial charge in [0.1, 0.15) is 10.0 Å². The lowest BCUT2D eigenvalue weighted by Crippen LogP contribution is -2.16. The van der Waals surface area contributed by atoms with E-state index in [1.165, 1.54) is 25.3 Å². The van der Waals surface area contributed by atoms with Crippen LogP contribution in [0.3, 0.4) is 0 Å². The molecule has 0 saturated carbocycles. The molecule has 0 amide bonds. The van der Waals surface area contributed by atoms with E-state index in [4.69, 9.17) is 27.9 Å². The van der Waals surface area contributed by atoms with Crippen molar-refractivity contribution in [1.82, 2.24) is 9.97 Å². The van der Waals surface area contributed by atoms with Gasteiger partial charge in [-0.25, -0.2) is 22.5 Å². The third kappa shape index (κ3) is 3.52. The van der Waals surface area contributed by atoms with Crippen molar-refractivity contribution in [3.05, 3.63) is 40.3 Å². The highest BCUT2D eigenvalue weighted by Crippen LogP contribution is 2.24. The van der Waals surface area contributed by atoms with Gasteiger partial charge < -0.3 is 4.74 Å². The third-order valence-corrected chi connectivity index (χ3v) is 4.14. The summed E-state index contributed by atoms with van der Waals surface area (Å²) in [4.78, 5) is 6.80. The lowest BCUT2D eigenvalue weighted by atomic mass is 10.3. The Morgan fingerprint density at radius 3 is 2.67 bits per heavy atom. The van der Waals surface area contributed by atoms with E-state index >= 15 is 0 Å². The molecule has 0 saturated heterocycles. The van der Waals surface area contributed by atoms with E-state index in [2.05, 4.69) is 9.97 Å². The molecule has 2 rings (SSSR count). The summed E-state index contributed by atoms with van der Waals surface area (Å²) in [5.74, 6) is -1.36. The number of benzene rings is 1. The molecule has 1 aromatic carbocycles. The number of rotatable bonds is 4. The molecule has 1 heterocycles. The number of anilines is 1. The van der Waals surface area contributed by atoms with Crippen molar-refractivity contribution in [3.8, 4) is 5.88 Å². The Bertz CT molecular complexity index is 786. The van der Waals surface area contributed by atoms with Gasteiger partial charge in [-0.3, -0.25) is 0 Å². The van der Waals surface area contributed by atoms with Gasteiger partial charge in [0.25, 0.3) is 10.0 Å². The minimum atomic E-state index is -4.26. The molecular weight excluding hydrogens is 344 g/mol. The number of ether oxygens (including phenoxy) is 1. The highest BCUT2D eigenvalue weighted by Gasteiger charge is 2.22. The Balaban J connectivity index is 2.42. The minimum absolute atomic E-state index is 0.0360. The number of sulfonamides is 1. The molecule has 0 atom stereocenters. The predicted molar refractivity (Wildman–Crippen MR) is 75.8 cm³/mol. The number of methoxy groups -OCH3 is 1. The second kappa shape index (κ2) is 6.00. The van der Waals surface area contributed by atoms with Gasteiger partial charge in [0.15, 0.2) is 5.82 Å². The first-order chi connectivity index (χ1) is 9.83. The van der Waals surface area contributed by atoms with Gasteiger partial charge in [0.05, 0.1) is 12.1 Å². The third-order valence-electron chi connectivity index (χ3n) is 2.31. The Labute approximate surface area is 129 Å². The van der Waals surface area contributed by atoms with E-state index in [1.807, 2.05) is 4.72 Å². The molecule has 112 valence electrons. The Hall–Kier alpha value is -1.64. The standard InChI is InChI=1S/C11H8Cl2FN3O3S/c1-20-9-5-8(13)15-11(16-9)17-21(18,19)7-4-2-3-6(12)10(7)14/h2-5H,1H3,(H,15,16,17). The van der Waals surface area contributed by atoms with Gasteiger partial charge in [0, 0.05) is 6.07 Å². The molecule has 21 heavy (non-hydrogen) atoms. The Morgan fingerprint density at radius 2 is 2.00 bits per heavy atom. The van der Waals surface area contributed by atoms with Crippen LogP contribution in [-0.2, 0) is 10.0 Å². The average Bonchev–Trinajstić information content (AvgIpc) is 2.40. The molecule has 10 heteroatoms. The molecule has 0 radical (unpaired) electrons. The van der Waals surface area contributed by atoms with Gasteiger partial charge in [-0.15, -0.1) is 0 Å². The van der Waals surface area contributed by atoms with Crippen molar-refractivity contribution in [2.24, 2.45) is 0 Å². The number of hydrogen-bond acceptors (Lipinski definition) is 5. The fraction of sp³-hybridized carbons (Fsp3) is 0.0909. The molecular formula is C11H8Cl2FN3O3S.